The van der Waals surface area contributed by atoms with E-state index in [0.717, 1.165) is 12.3 Å². The van der Waals surface area contributed by atoms with Crippen LogP contribution in [0.1, 0.15) is 24.5 Å². The number of aromatic nitrogens is 1. The van der Waals surface area contributed by atoms with Gasteiger partial charge < -0.3 is 9.80 Å². The number of alkyl halides is 3. The Morgan fingerprint density at radius 2 is 2.11 bits per heavy atom. The van der Waals surface area contributed by atoms with E-state index < -0.39 is 23.1 Å². The van der Waals surface area contributed by atoms with Crippen LogP contribution in [0.15, 0.2) is 36.7 Å². The number of nitriles is 1. The molecule has 27 heavy (non-hydrogen) atoms. The molecule has 0 spiro atoms. The fraction of sp³-hybridized carbons (Fsp3) is 0.368. The maximum Gasteiger partial charge on any atom is 0.417 e. The van der Waals surface area contributed by atoms with Gasteiger partial charge in [-0.2, -0.15) is 18.4 Å². The normalized spacial score (nSPS) is 17.0. The van der Waals surface area contributed by atoms with Crippen molar-refractivity contribution in [2.45, 2.75) is 25.6 Å². The molecule has 3 rings (SSSR count). The average molecular weight is 378 g/mol. The van der Waals surface area contributed by atoms with Crippen molar-refractivity contribution >= 4 is 11.4 Å². The molecule has 0 bridgehead atoms. The SMILES string of the molecule is CCN(c1ccc(C#N)c(C(F)(F)F)c1)C1CCN(c2ccncc2F)C1. The number of hydrogen-bond acceptors (Lipinski definition) is 4. The second-order valence-corrected chi connectivity index (χ2v) is 6.34. The molecule has 1 fully saturated rings. The standard InChI is InChI=1S/C19H18F4N4/c1-2-27(14-4-3-13(10-24)16(9-14)19(21,22)23)15-6-8-26(12-15)18-5-7-25-11-17(18)20/h3-5,7,9,11,15H,2,6,8,12H2,1H3. The fourth-order valence-electron chi connectivity index (χ4n) is 3.53. The molecule has 2 aromatic rings. The van der Waals surface area contributed by atoms with Crippen LogP contribution < -0.4 is 9.80 Å². The highest BCUT2D eigenvalue weighted by molar-refractivity contribution is 5.57. The second kappa shape index (κ2) is 7.43. The highest BCUT2D eigenvalue weighted by atomic mass is 19.4. The van der Waals surface area contributed by atoms with Crippen LogP contribution in [0.4, 0.5) is 28.9 Å². The number of halogens is 4. The van der Waals surface area contributed by atoms with Crippen LogP contribution in [-0.4, -0.2) is 30.7 Å². The summed E-state index contributed by atoms with van der Waals surface area (Å²) in [6.45, 7) is 3.46. The summed E-state index contributed by atoms with van der Waals surface area (Å²) in [7, 11) is 0. The first kappa shape index (κ1) is 19.0. The number of likely N-dealkylation sites (N-methyl/N-ethyl adjacent to an activating group) is 1. The Bertz CT molecular complexity index is 860. The van der Waals surface area contributed by atoms with E-state index in [9.17, 15) is 17.6 Å². The van der Waals surface area contributed by atoms with E-state index in [1.165, 1.54) is 18.3 Å². The lowest BCUT2D eigenvalue weighted by Crippen LogP contribution is -2.38. The number of pyridine rings is 1. The third-order valence-electron chi connectivity index (χ3n) is 4.80. The predicted octanol–water partition coefficient (Wildman–Crippen LogP) is 4.22. The van der Waals surface area contributed by atoms with Crippen molar-refractivity contribution in [3.05, 3.63) is 53.6 Å². The van der Waals surface area contributed by atoms with Crippen molar-refractivity contribution in [2.75, 3.05) is 29.4 Å². The van der Waals surface area contributed by atoms with E-state index in [4.69, 9.17) is 5.26 Å². The summed E-state index contributed by atoms with van der Waals surface area (Å²) in [4.78, 5) is 7.48. The molecule has 0 amide bonds. The Labute approximate surface area is 154 Å². The highest BCUT2D eigenvalue weighted by Gasteiger charge is 2.35. The molecule has 1 unspecified atom stereocenters. The summed E-state index contributed by atoms with van der Waals surface area (Å²) < 4.78 is 53.8. The first-order chi connectivity index (χ1) is 12.8. The van der Waals surface area contributed by atoms with Gasteiger partial charge in [-0.3, -0.25) is 4.98 Å². The Morgan fingerprint density at radius 1 is 1.33 bits per heavy atom. The lowest BCUT2D eigenvalue weighted by molar-refractivity contribution is -0.137. The van der Waals surface area contributed by atoms with Gasteiger partial charge in [-0.05, 0) is 37.6 Å². The molecule has 1 aromatic heterocycles. The van der Waals surface area contributed by atoms with Crippen molar-refractivity contribution < 1.29 is 17.6 Å². The number of anilines is 2. The molecule has 8 heteroatoms. The molecular formula is C19H18F4N4. The molecule has 142 valence electrons. The zero-order chi connectivity index (χ0) is 19.6. The highest BCUT2D eigenvalue weighted by Crippen LogP contribution is 2.36. The number of hydrogen-bond donors (Lipinski definition) is 0. The molecule has 2 heterocycles. The largest absolute Gasteiger partial charge is 0.417 e. The Hall–Kier alpha value is -2.82. The summed E-state index contributed by atoms with van der Waals surface area (Å²) in [5.74, 6) is -0.418. The van der Waals surface area contributed by atoms with Crippen molar-refractivity contribution in [1.29, 1.82) is 5.26 Å². The second-order valence-electron chi connectivity index (χ2n) is 6.34. The maximum absolute atomic E-state index is 14.0. The van der Waals surface area contributed by atoms with Crippen LogP contribution in [0.25, 0.3) is 0 Å². The molecule has 1 aromatic carbocycles. The van der Waals surface area contributed by atoms with Crippen molar-refractivity contribution in [1.82, 2.24) is 4.98 Å². The molecule has 1 aliphatic rings. The summed E-state index contributed by atoms with van der Waals surface area (Å²) in [5.41, 5.74) is -0.476. The van der Waals surface area contributed by atoms with Crippen molar-refractivity contribution in [3.8, 4) is 6.07 Å². The van der Waals surface area contributed by atoms with Crippen molar-refractivity contribution in [2.24, 2.45) is 0 Å². The third kappa shape index (κ3) is 3.82. The third-order valence-corrected chi connectivity index (χ3v) is 4.80. The van der Waals surface area contributed by atoms with E-state index >= 15 is 0 Å². The average Bonchev–Trinajstić information content (AvgIpc) is 3.11. The maximum atomic E-state index is 14.0. The molecule has 4 nitrogen and oxygen atoms in total. The molecule has 0 aliphatic carbocycles. The van der Waals surface area contributed by atoms with Crippen LogP contribution in [0.5, 0.6) is 0 Å². The van der Waals surface area contributed by atoms with E-state index in [0.29, 0.717) is 37.4 Å². The first-order valence-electron chi connectivity index (χ1n) is 8.57. The quantitative estimate of drug-likeness (QED) is 0.748. The first-order valence-corrected chi connectivity index (χ1v) is 8.57. The van der Waals surface area contributed by atoms with Gasteiger partial charge in [0.1, 0.15) is 0 Å². The van der Waals surface area contributed by atoms with Crippen LogP contribution in [0, 0.1) is 17.1 Å². The lowest BCUT2D eigenvalue weighted by Gasteiger charge is -2.31. The molecule has 1 saturated heterocycles. The van der Waals surface area contributed by atoms with Gasteiger partial charge in [-0.15, -0.1) is 0 Å². The smallest absolute Gasteiger partial charge is 0.367 e. The molecular weight excluding hydrogens is 360 g/mol. The predicted molar refractivity (Wildman–Crippen MR) is 94.0 cm³/mol. The Kier molecular flexibility index (Phi) is 5.22. The monoisotopic (exact) mass is 378 g/mol. The minimum atomic E-state index is -4.59. The fourth-order valence-corrected chi connectivity index (χ4v) is 3.53. The molecule has 1 atom stereocenters. The van der Waals surface area contributed by atoms with Crippen LogP contribution >= 0.6 is 0 Å². The van der Waals surface area contributed by atoms with Crippen LogP contribution in [0.3, 0.4) is 0 Å². The van der Waals surface area contributed by atoms with Gasteiger partial charge in [0.15, 0.2) is 5.82 Å². The van der Waals surface area contributed by atoms with Crippen molar-refractivity contribution in [3.63, 3.8) is 0 Å². The molecule has 0 N–H and O–H groups in total. The summed E-state index contributed by atoms with van der Waals surface area (Å²) in [5, 5.41) is 8.96. The molecule has 1 aliphatic heterocycles. The van der Waals surface area contributed by atoms with E-state index in [2.05, 4.69) is 4.98 Å². The van der Waals surface area contributed by atoms with E-state index in [-0.39, 0.29) is 6.04 Å². The van der Waals surface area contributed by atoms with Gasteiger partial charge in [0.25, 0.3) is 0 Å². The van der Waals surface area contributed by atoms with Gasteiger partial charge in [0.05, 0.1) is 29.1 Å². The Morgan fingerprint density at radius 3 is 2.74 bits per heavy atom. The molecule has 0 radical (unpaired) electrons. The topological polar surface area (TPSA) is 43.2 Å². The number of rotatable bonds is 4. The lowest BCUT2D eigenvalue weighted by atomic mass is 10.1. The minimum Gasteiger partial charge on any atom is -0.367 e. The van der Waals surface area contributed by atoms with E-state index in [1.807, 2.05) is 16.7 Å². The van der Waals surface area contributed by atoms with Crippen LogP contribution in [0.2, 0.25) is 0 Å². The van der Waals surface area contributed by atoms with Gasteiger partial charge >= 0.3 is 6.18 Å². The van der Waals surface area contributed by atoms with Gasteiger partial charge in [0.2, 0.25) is 0 Å². The zero-order valence-corrected chi connectivity index (χ0v) is 14.7. The van der Waals surface area contributed by atoms with Gasteiger partial charge in [-0.1, -0.05) is 0 Å². The van der Waals surface area contributed by atoms with E-state index in [1.54, 1.807) is 12.1 Å². The van der Waals surface area contributed by atoms with Gasteiger partial charge in [-0.25, -0.2) is 4.39 Å². The number of benzene rings is 1. The summed E-state index contributed by atoms with van der Waals surface area (Å²) >= 11 is 0. The van der Waals surface area contributed by atoms with Crippen LogP contribution in [-0.2, 0) is 6.18 Å². The zero-order valence-electron chi connectivity index (χ0n) is 14.7. The number of nitrogens with zero attached hydrogens (tertiary/aromatic N) is 4. The minimum absolute atomic E-state index is 0.0587. The molecule has 0 saturated carbocycles. The summed E-state index contributed by atoms with van der Waals surface area (Å²) in [6.07, 6.45) is -1.24. The summed E-state index contributed by atoms with van der Waals surface area (Å²) in [6, 6.07) is 6.90. The Balaban J connectivity index is 1.86. The van der Waals surface area contributed by atoms with Gasteiger partial charge in [0, 0.05) is 37.6 Å².